The van der Waals surface area contributed by atoms with Crippen molar-refractivity contribution >= 4 is 18.1 Å². The van der Waals surface area contributed by atoms with Crippen molar-refractivity contribution in [2.45, 2.75) is 64.0 Å². The average Bonchev–Trinajstić information content (AvgIpc) is 2.54. The average molecular weight is 355 g/mol. The predicted molar refractivity (Wildman–Crippen MR) is 91.4 cm³/mol. The summed E-state index contributed by atoms with van der Waals surface area (Å²) in [6, 6.07) is -0.367. The number of nitrogens with one attached hydrogen (secondary N) is 1. The Morgan fingerprint density at radius 2 is 1.48 bits per heavy atom. The van der Waals surface area contributed by atoms with E-state index in [1.807, 2.05) is 20.8 Å². The van der Waals surface area contributed by atoms with Crippen molar-refractivity contribution in [1.29, 1.82) is 0 Å². The lowest BCUT2D eigenvalue weighted by atomic mass is 9.82. The smallest absolute Gasteiger partial charge is 0.410 e. The van der Waals surface area contributed by atoms with Crippen molar-refractivity contribution in [2.75, 3.05) is 26.2 Å². The second-order valence-electron chi connectivity index (χ2n) is 7.83. The molecule has 2 fully saturated rings. The Morgan fingerprint density at radius 3 is 1.96 bits per heavy atom. The summed E-state index contributed by atoms with van der Waals surface area (Å²) < 4.78 is 5.33. The summed E-state index contributed by atoms with van der Waals surface area (Å²) in [6.45, 7) is 6.91. The minimum Gasteiger partial charge on any atom is -0.480 e. The van der Waals surface area contributed by atoms with Crippen LogP contribution in [0.1, 0.15) is 52.9 Å². The lowest BCUT2D eigenvalue weighted by Gasteiger charge is -2.39. The normalized spacial score (nSPS) is 20.8. The number of rotatable bonds is 2. The van der Waals surface area contributed by atoms with Crippen LogP contribution in [0.5, 0.6) is 0 Å². The standard InChI is InChI=1S/C17H29N3O5/c1-16(2,3)25-15(24)20-11-9-19(10-12-20)14(23)18-17(13(21)22)7-5-4-6-8-17/h4-12H2,1-3H3,(H,18,23)(H,21,22). The molecule has 0 unspecified atom stereocenters. The molecule has 8 heteroatoms. The van der Waals surface area contributed by atoms with Gasteiger partial charge in [0, 0.05) is 26.2 Å². The molecule has 1 aliphatic carbocycles. The first-order chi connectivity index (χ1) is 11.6. The summed E-state index contributed by atoms with van der Waals surface area (Å²) in [5.41, 5.74) is -1.71. The molecule has 0 aromatic rings. The van der Waals surface area contributed by atoms with Crippen molar-refractivity contribution in [3.05, 3.63) is 0 Å². The Bertz CT molecular complexity index is 515. The van der Waals surface area contributed by atoms with Crippen molar-refractivity contribution in [1.82, 2.24) is 15.1 Å². The molecular weight excluding hydrogens is 326 g/mol. The van der Waals surface area contributed by atoms with Crippen LogP contribution < -0.4 is 5.32 Å². The Kier molecular flexibility index (Phi) is 5.80. The number of amides is 3. The molecule has 2 aliphatic rings. The number of carboxylic acid groups (broad SMARTS) is 1. The van der Waals surface area contributed by atoms with Crippen LogP contribution in [-0.2, 0) is 9.53 Å². The minimum absolute atomic E-state index is 0.362. The SMILES string of the molecule is CC(C)(C)OC(=O)N1CCN(C(=O)NC2(C(=O)O)CCCCC2)CC1. The largest absolute Gasteiger partial charge is 0.480 e. The summed E-state index contributed by atoms with van der Waals surface area (Å²) in [4.78, 5) is 39.4. The molecule has 2 rings (SSSR count). The van der Waals surface area contributed by atoms with Crippen LogP contribution in [0.2, 0.25) is 0 Å². The fourth-order valence-electron chi connectivity index (χ4n) is 3.25. The number of nitrogens with zero attached hydrogens (tertiary/aromatic N) is 2. The van der Waals surface area contributed by atoms with E-state index in [9.17, 15) is 19.5 Å². The van der Waals surface area contributed by atoms with E-state index >= 15 is 0 Å². The van der Waals surface area contributed by atoms with Gasteiger partial charge in [0.2, 0.25) is 0 Å². The highest BCUT2D eigenvalue weighted by atomic mass is 16.6. The maximum absolute atomic E-state index is 12.5. The fourth-order valence-corrected chi connectivity index (χ4v) is 3.25. The number of ether oxygens (including phenoxy) is 1. The summed E-state index contributed by atoms with van der Waals surface area (Å²) in [5, 5.41) is 12.3. The molecule has 0 atom stereocenters. The van der Waals surface area contributed by atoms with Gasteiger partial charge in [-0.3, -0.25) is 0 Å². The van der Waals surface area contributed by atoms with Crippen LogP contribution in [0.15, 0.2) is 0 Å². The van der Waals surface area contributed by atoms with Gasteiger partial charge in [-0.25, -0.2) is 14.4 Å². The third-order valence-electron chi connectivity index (χ3n) is 4.68. The van der Waals surface area contributed by atoms with Crippen LogP contribution in [0.3, 0.4) is 0 Å². The van der Waals surface area contributed by atoms with Gasteiger partial charge in [-0.05, 0) is 33.6 Å². The second kappa shape index (κ2) is 7.49. The number of hydrogen-bond donors (Lipinski definition) is 2. The van der Waals surface area contributed by atoms with Gasteiger partial charge in [0.15, 0.2) is 0 Å². The zero-order valence-electron chi connectivity index (χ0n) is 15.3. The lowest BCUT2D eigenvalue weighted by molar-refractivity contribution is -0.146. The van der Waals surface area contributed by atoms with Crippen LogP contribution >= 0.6 is 0 Å². The first-order valence-corrected chi connectivity index (χ1v) is 8.91. The Hall–Kier alpha value is -1.99. The van der Waals surface area contributed by atoms with Crippen LogP contribution in [0.4, 0.5) is 9.59 Å². The van der Waals surface area contributed by atoms with Gasteiger partial charge in [0.05, 0.1) is 0 Å². The minimum atomic E-state index is -1.16. The zero-order chi connectivity index (χ0) is 18.7. The number of carboxylic acids is 1. The van der Waals surface area contributed by atoms with Crippen molar-refractivity contribution < 1.29 is 24.2 Å². The molecule has 25 heavy (non-hydrogen) atoms. The topological polar surface area (TPSA) is 99.2 Å². The molecule has 0 spiro atoms. The van der Waals surface area contributed by atoms with Gasteiger partial charge in [-0.2, -0.15) is 0 Å². The molecule has 0 radical (unpaired) electrons. The highest BCUT2D eigenvalue weighted by Crippen LogP contribution is 2.28. The Labute approximate surface area is 148 Å². The maximum Gasteiger partial charge on any atom is 0.410 e. The quantitative estimate of drug-likeness (QED) is 0.790. The molecule has 2 N–H and O–H groups in total. The molecule has 3 amide bonds. The fraction of sp³-hybridized carbons (Fsp3) is 0.824. The second-order valence-corrected chi connectivity index (χ2v) is 7.83. The van der Waals surface area contributed by atoms with Gasteiger partial charge in [-0.15, -0.1) is 0 Å². The van der Waals surface area contributed by atoms with Crippen LogP contribution in [0.25, 0.3) is 0 Å². The van der Waals surface area contributed by atoms with E-state index in [2.05, 4.69) is 5.32 Å². The summed E-state index contributed by atoms with van der Waals surface area (Å²) in [7, 11) is 0. The molecule has 1 saturated carbocycles. The highest BCUT2D eigenvalue weighted by molar-refractivity contribution is 5.86. The van der Waals surface area contributed by atoms with Gasteiger partial charge in [-0.1, -0.05) is 19.3 Å². The maximum atomic E-state index is 12.5. The molecule has 0 bridgehead atoms. The third-order valence-corrected chi connectivity index (χ3v) is 4.68. The molecule has 1 heterocycles. The third kappa shape index (κ3) is 4.99. The first kappa shape index (κ1) is 19.3. The van der Waals surface area contributed by atoms with Gasteiger partial charge in [0.1, 0.15) is 11.1 Å². The van der Waals surface area contributed by atoms with E-state index in [1.165, 1.54) is 0 Å². The number of carbonyl (C=O) groups excluding carboxylic acids is 2. The van der Waals surface area contributed by atoms with Gasteiger partial charge in [0.25, 0.3) is 0 Å². The molecule has 0 aromatic heterocycles. The number of urea groups is 1. The summed E-state index contributed by atoms with van der Waals surface area (Å²) in [6.07, 6.45) is 3.15. The summed E-state index contributed by atoms with van der Waals surface area (Å²) >= 11 is 0. The molecule has 8 nitrogen and oxygen atoms in total. The molecule has 0 aromatic carbocycles. The van der Waals surface area contributed by atoms with Crippen molar-refractivity contribution in [3.8, 4) is 0 Å². The molecule has 1 saturated heterocycles. The number of aliphatic carboxylic acids is 1. The number of piperazine rings is 1. The predicted octanol–water partition coefficient (Wildman–Crippen LogP) is 2.04. The molecule has 1 aliphatic heterocycles. The Balaban J connectivity index is 1.88. The van der Waals surface area contributed by atoms with E-state index in [-0.39, 0.29) is 12.1 Å². The summed E-state index contributed by atoms with van der Waals surface area (Å²) in [5.74, 6) is -0.965. The first-order valence-electron chi connectivity index (χ1n) is 8.91. The van der Waals surface area contributed by atoms with E-state index in [4.69, 9.17) is 4.74 Å². The van der Waals surface area contributed by atoms with Crippen molar-refractivity contribution in [2.24, 2.45) is 0 Å². The van der Waals surface area contributed by atoms with Gasteiger partial charge >= 0.3 is 18.1 Å². The molecular formula is C17H29N3O5. The van der Waals surface area contributed by atoms with Crippen LogP contribution in [-0.4, -0.2) is 70.3 Å². The monoisotopic (exact) mass is 355 g/mol. The van der Waals surface area contributed by atoms with Crippen LogP contribution in [0, 0.1) is 0 Å². The highest BCUT2D eigenvalue weighted by Gasteiger charge is 2.42. The number of carbonyl (C=O) groups is 3. The zero-order valence-corrected chi connectivity index (χ0v) is 15.3. The van der Waals surface area contributed by atoms with E-state index in [0.717, 1.165) is 19.3 Å². The number of hydrogen-bond acceptors (Lipinski definition) is 4. The van der Waals surface area contributed by atoms with Gasteiger partial charge < -0.3 is 25.0 Å². The van der Waals surface area contributed by atoms with Crippen molar-refractivity contribution in [3.63, 3.8) is 0 Å². The van der Waals surface area contributed by atoms with E-state index in [0.29, 0.717) is 39.0 Å². The molecule has 142 valence electrons. The van der Waals surface area contributed by atoms with E-state index < -0.39 is 17.1 Å². The lowest BCUT2D eigenvalue weighted by Crippen LogP contribution is -2.61. The van der Waals surface area contributed by atoms with E-state index in [1.54, 1.807) is 9.80 Å². The Morgan fingerprint density at radius 1 is 0.960 bits per heavy atom.